The molecule has 19 heavy (non-hydrogen) atoms. The zero-order chi connectivity index (χ0) is 13.2. The smallest absolute Gasteiger partial charge is 0.238 e. The molecule has 3 rings (SSSR count). The highest BCUT2D eigenvalue weighted by atomic mass is 16.1. The second-order valence-electron chi connectivity index (χ2n) is 6.00. The third kappa shape index (κ3) is 3.57. The Kier molecular flexibility index (Phi) is 3.56. The van der Waals surface area contributed by atoms with E-state index < -0.39 is 0 Å². The summed E-state index contributed by atoms with van der Waals surface area (Å²) < 4.78 is 0. The van der Waals surface area contributed by atoms with Crippen molar-refractivity contribution in [2.45, 2.75) is 38.6 Å². The first kappa shape index (κ1) is 12.7. The van der Waals surface area contributed by atoms with E-state index in [0.29, 0.717) is 12.6 Å². The molecule has 0 aromatic heterocycles. The topological polar surface area (TPSA) is 41.1 Å². The minimum Gasteiger partial charge on any atom is -0.325 e. The Labute approximate surface area is 114 Å². The van der Waals surface area contributed by atoms with Gasteiger partial charge in [-0.2, -0.15) is 0 Å². The van der Waals surface area contributed by atoms with Crippen LogP contribution in [-0.2, 0) is 4.79 Å². The first-order valence-electron chi connectivity index (χ1n) is 7.32. The number of benzene rings is 1. The lowest BCUT2D eigenvalue weighted by atomic mass is 10.1. The fourth-order valence-corrected chi connectivity index (χ4v) is 2.77. The molecule has 3 heteroatoms. The number of hydrogen-bond acceptors (Lipinski definition) is 2. The lowest BCUT2D eigenvalue weighted by Crippen LogP contribution is -2.38. The molecule has 0 bridgehead atoms. The molecule has 0 spiro atoms. The maximum atomic E-state index is 11.9. The minimum atomic E-state index is 0.0666. The molecule has 0 atom stereocenters. The molecule has 1 aromatic carbocycles. The first-order valence-corrected chi connectivity index (χ1v) is 7.32. The Bertz CT molecular complexity index is 452. The molecular formula is C16H22N2O. The highest BCUT2D eigenvalue weighted by Gasteiger charge is 2.41. The van der Waals surface area contributed by atoms with Gasteiger partial charge in [0.1, 0.15) is 0 Å². The van der Waals surface area contributed by atoms with Gasteiger partial charge in [-0.1, -0.05) is 12.1 Å². The summed E-state index contributed by atoms with van der Waals surface area (Å²) in [7, 11) is 0. The largest absolute Gasteiger partial charge is 0.325 e. The molecule has 2 aliphatic carbocycles. The SMILES string of the molecule is Cc1cccc(NC(=O)CNC(C2CC2)C2CC2)c1. The van der Waals surface area contributed by atoms with Gasteiger partial charge in [-0.15, -0.1) is 0 Å². The van der Waals surface area contributed by atoms with Crippen molar-refractivity contribution < 1.29 is 4.79 Å². The van der Waals surface area contributed by atoms with Gasteiger partial charge in [0.15, 0.2) is 0 Å². The molecule has 1 aromatic rings. The third-order valence-corrected chi connectivity index (χ3v) is 4.06. The molecule has 2 N–H and O–H groups in total. The summed E-state index contributed by atoms with van der Waals surface area (Å²) in [5, 5.41) is 6.42. The quantitative estimate of drug-likeness (QED) is 0.823. The van der Waals surface area contributed by atoms with Crippen LogP contribution in [0, 0.1) is 18.8 Å². The van der Waals surface area contributed by atoms with Gasteiger partial charge in [-0.05, 0) is 62.1 Å². The third-order valence-electron chi connectivity index (χ3n) is 4.06. The van der Waals surface area contributed by atoms with Crippen LogP contribution in [0.25, 0.3) is 0 Å². The molecule has 0 unspecified atom stereocenters. The van der Waals surface area contributed by atoms with Gasteiger partial charge in [0, 0.05) is 11.7 Å². The van der Waals surface area contributed by atoms with Crippen LogP contribution >= 0.6 is 0 Å². The van der Waals surface area contributed by atoms with E-state index in [1.807, 2.05) is 31.2 Å². The number of anilines is 1. The van der Waals surface area contributed by atoms with Gasteiger partial charge in [-0.3, -0.25) is 4.79 Å². The maximum absolute atomic E-state index is 11.9. The zero-order valence-corrected chi connectivity index (χ0v) is 11.5. The summed E-state index contributed by atoms with van der Waals surface area (Å²) >= 11 is 0. The van der Waals surface area contributed by atoms with Crippen LogP contribution in [-0.4, -0.2) is 18.5 Å². The fourth-order valence-electron chi connectivity index (χ4n) is 2.77. The van der Waals surface area contributed by atoms with Gasteiger partial charge in [0.2, 0.25) is 5.91 Å². The Morgan fingerprint density at radius 2 is 1.95 bits per heavy atom. The number of carbonyl (C=O) groups is 1. The molecule has 1 amide bonds. The number of rotatable bonds is 6. The van der Waals surface area contributed by atoms with Gasteiger partial charge >= 0.3 is 0 Å². The molecule has 0 saturated heterocycles. The number of amides is 1. The van der Waals surface area contributed by atoms with Crippen LogP contribution in [0.15, 0.2) is 24.3 Å². The van der Waals surface area contributed by atoms with Crippen molar-refractivity contribution in [1.82, 2.24) is 5.32 Å². The summed E-state index contributed by atoms with van der Waals surface area (Å²) in [6, 6.07) is 8.52. The maximum Gasteiger partial charge on any atom is 0.238 e. The minimum absolute atomic E-state index is 0.0666. The molecule has 2 saturated carbocycles. The predicted octanol–water partition coefficient (Wildman–Crippen LogP) is 2.71. The van der Waals surface area contributed by atoms with E-state index in [-0.39, 0.29) is 5.91 Å². The van der Waals surface area contributed by atoms with Crippen molar-refractivity contribution in [1.29, 1.82) is 0 Å². The molecule has 102 valence electrons. The molecule has 0 radical (unpaired) electrons. The van der Waals surface area contributed by atoms with Crippen LogP contribution < -0.4 is 10.6 Å². The Morgan fingerprint density at radius 3 is 2.53 bits per heavy atom. The highest BCUT2D eigenvalue weighted by Crippen LogP contribution is 2.44. The molecule has 2 fully saturated rings. The van der Waals surface area contributed by atoms with Crippen LogP contribution in [0.4, 0.5) is 5.69 Å². The molecule has 0 heterocycles. The summed E-state index contributed by atoms with van der Waals surface area (Å²) in [5.74, 6) is 1.73. The second-order valence-corrected chi connectivity index (χ2v) is 6.00. The average Bonchev–Trinajstić information content (AvgIpc) is 3.24. The van der Waals surface area contributed by atoms with Gasteiger partial charge in [-0.25, -0.2) is 0 Å². The second kappa shape index (κ2) is 5.33. The van der Waals surface area contributed by atoms with Crippen LogP contribution in [0.1, 0.15) is 31.2 Å². The fraction of sp³-hybridized carbons (Fsp3) is 0.562. The van der Waals surface area contributed by atoms with Crippen molar-refractivity contribution in [3.8, 4) is 0 Å². The average molecular weight is 258 g/mol. The zero-order valence-electron chi connectivity index (χ0n) is 11.5. The van der Waals surface area contributed by atoms with Gasteiger partial charge in [0.25, 0.3) is 0 Å². The van der Waals surface area contributed by atoms with E-state index in [1.54, 1.807) is 0 Å². The normalized spacial score (nSPS) is 18.6. The van der Waals surface area contributed by atoms with E-state index in [4.69, 9.17) is 0 Å². The van der Waals surface area contributed by atoms with Crippen molar-refractivity contribution in [2.24, 2.45) is 11.8 Å². The summed E-state index contributed by atoms with van der Waals surface area (Å²) in [6.45, 7) is 2.47. The molecule has 2 aliphatic rings. The Hall–Kier alpha value is -1.35. The number of hydrogen-bond donors (Lipinski definition) is 2. The number of carbonyl (C=O) groups excluding carboxylic acids is 1. The van der Waals surface area contributed by atoms with Crippen LogP contribution in [0.3, 0.4) is 0 Å². The van der Waals surface area contributed by atoms with E-state index in [9.17, 15) is 4.79 Å². The summed E-state index contributed by atoms with van der Waals surface area (Å²) in [5.41, 5.74) is 2.06. The molecule has 0 aliphatic heterocycles. The van der Waals surface area contributed by atoms with Gasteiger partial charge in [0.05, 0.1) is 6.54 Å². The molecular weight excluding hydrogens is 236 g/mol. The van der Waals surface area contributed by atoms with Crippen molar-refractivity contribution in [3.63, 3.8) is 0 Å². The van der Waals surface area contributed by atoms with Gasteiger partial charge < -0.3 is 10.6 Å². The van der Waals surface area contributed by atoms with Crippen LogP contribution in [0.5, 0.6) is 0 Å². The first-order chi connectivity index (χ1) is 9.22. The van der Waals surface area contributed by atoms with E-state index >= 15 is 0 Å². The summed E-state index contributed by atoms with van der Waals surface area (Å²) in [6.07, 6.45) is 5.36. The van der Waals surface area contributed by atoms with E-state index in [0.717, 1.165) is 17.5 Å². The Morgan fingerprint density at radius 1 is 1.26 bits per heavy atom. The standard InChI is InChI=1S/C16H22N2O/c1-11-3-2-4-14(9-11)18-15(19)10-17-16(12-5-6-12)13-7-8-13/h2-4,9,12-13,16-17H,5-8,10H2,1H3,(H,18,19). The monoisotopic (exact) mass is 258 g/mol. The van der Waals surface area contributed by atoms with E-state index in [2.05, 4.69) is 10.6 Å². The van der Waals surface area contributed by atoms with Crippen molar-refractivity contribution in [2.75, 3.05) is 11.9 Å². The van der Waals surface area contributed by atoms with E-state index in [1.165, 1.54) is 31.2 Å². The van der Waals surface area contributed by atoms with Crippen molar-refractivity contribution in [3.05, 3.63) is 29.8 Å². The van der Waals surface area contributed by atoms with Crippen molar-refractivity contribution >= 4 is 11.6 Å². The molecule has 3 nitrogen and oxygen atoms in total. The number of nitrogens with one attached hydrogen (secondary N) is 2. The predicted molar refractivity (Wildman–Crippen MR) is 77.0 cm³/mol. The van der Waals surface area contributed by atoms with Crippen LogP contribution in [0.2, 0.25) is 0 Å². The highest BCUT2D eigenvalue weighted by molar-refractivity contribution is 5.92. The number of aryl methyl sites for hydroxylation is 1. The summed E-state index contributed by atoms with van der Waals surface area (Å²) in [4.78, 5) is 11.9. The lowest BCUT2D eigenvalue weighted by Gasteiger charge is -2.17. The Balaban J connectivity index is 1.48. The lowest BCUT2D eigenvalue weighted by molar-refractivity contribution is -0.115.